The fourth-order valence-electron chi connectivity index (χ4n) is 1.34. The lowest BCUT2D eigenvalue weighted by molar-refractivity contribution is -0.119. The minimum absolute atomic E-state index is 0.0692. The normalized spacial score (nSPS) is 9.88. The quantitative estimate of drug-likeness (QED) is 0.624. The van der Waals surface area contributed by atoms with Gasteiger partial charge in [-0.1, -0.05) is 23.7 Å². The molecule has 0 radical (unpaired) electrons. The number of hydrogen-bond donors (Lipinski definition) is 2. The van der Waals surface area contributed by atoms with Gasteiger partial charge in [-0.25, -0.2) is 0 Å². The van der Waals surface area contributed by atoms with Gasteiger partial charge in [0.05, 0.1) is 6.42 Å². The van der Waals surface area contributed by atoms with Gasteiger partial charge in [0.15, 0.2) is 5.96 Å². The number of carbonyl (C=O) groups is 1. The van der Waals surface area contributed by atoms with Crippen molar-refractivity contribution in [1.82, 2.24) is 10.2 Å². The molecule has 0 aliphatic carbocycles. The summed E-state index contributed by atoms with van der Waals surface area (Å²) >= 11 is 6.03. The van der Waals surface area contributed by atoms with Crippen LogP contribution in [-0.4, -0.2) is 30.9 Å². The number of aryl methyl sites for hydroxylation is 1. The number of hydrogen-bond acceptors (Lipinski definition) is 2. The molecule has 0 spiro atoms. The molecule has 1 aromatic carbocycles. The third kappa shape index (κ3) is 3.75. The minimum atomic E-state index is -0.236. The van der Waals surface area contributed by atoms with Crippen LogP contribution in [0, 0.1) is 12.3 Å². The highest BCUT2D eigenvalue weighted by Crippen LogP contribution is 2.19. The van der Waals surface area contributed by atoms with Crippen molar-refractivity contribution in [3.63, 3.8) is 0 Å². The largest absolute Gasteiger partial charge is 0.349 e. The third-order valence-electron chi connectivity index (χ3n) is 2.40. The number of carbonyl (C=O) groups excluding carboxylic acids is 1. The first-order valence-corrected chi connectivity index (χ1v) is 5.59. The Morgan fingerprint density at radius 2 is 2.12 bits per heavy atom. The van der Waals surface area contributed by atoms with Gasteiger partial charge in [-0.15, -0.1) is 0 Å². The van der Waals surface area contributed by atoms with E-state index in [1.54, 1.807) is 20.2 Å². The van der Waals surface area contributed by atoms with Crippen LogP contribution in [0.15, 0.2) is 18.2 Å². The van der Waals surface area contributed by atoms with Gasteiger partial charge in [-0.3, -0.25) is 15.5 Å². The van der Waals surface area contributed by atoms with E-state index in [4.69, 9.17) is 17.0 Å². The summed E-state index contributed by atoms with van der Waals surface area (Å²) in [4.78, 5) is 13.2. The van der Waals surface area contributed by atoms with Crippen molar-refractivity contribution in [2.45, 2.75) is 13.3 Å². The average molecular weight is 254 g/mol. The number of halogens is 1. The van der Waals surface area contributed by atoms with Gasteiger partial charge in [-0.2, -0.15) is 0 Å². The summed E-state index contributed by atoms with van der Waals surface area (Å²) in [6, 6.07) is 5.52. The smallest absolute Gasteiger partial charge is 0.231 e. The molecule has 0 atom stereocenters. The molecule has 0 aliphatic heterocycles. The van der Waals surface area contributed by atoms with Crippen LogP contribution in [0.5, 0.6) is 0 Å². The summed E-state index contributed by atoms with van der Waals surface area (Å²) in [6.45, 7) is 1.91. The van der Waals surface area contributed by atoms with E-state index >= 15 is 0 Å². The van der Waals surface area contributed by atoms with E-state index < -0.39 is 0 Å². The number of nitrogens with zero attached hydrogens (tertiary/aromatic N) is 1. The second-order valence-electron chi connectivity index (χ2n) is 4.00. The second-order valence-corrected chi connectivity index (χ2v) is 4.41. The predicted molar refractivity (Wildman–Crippen MR) is 69.4 cm³/mol. The molecule has 5 heteroatoms. The molecule has 1 amide bonds. The van der Waals surface area contributed by atoms with Crippen LogP contribution in [0.1, 0.15) is 11.1 Å². The van der Waals surface area contributed by atoms with E-state index in [0.717, 1.165) is 11.1 Å². The summed E-state index contributed by atoms with van der Waals surface area (Å²) in [5.74, 6) is -0.167. The Bertz CT molecular complexity index is 423. The van der Waals surface area contributed by atoms with Crippen LogP contribution in [0.4, 0.5) is 0 Å². The summed E-state index contributed by atoms with van der Waals surface area (Å²) in [5, 5.41) is 10.6. The molecule has 4 nitrogen and oxygen atoms in total. The Labute approximate surface area is 106 Å². The summed E-state index contributed by atoms with van der Waals surface area (Å²) in [5.41, 5.74) is 1.78. The second kappa shape index (κ2) is 5.68. The van der Waals surface area contributed by atoms with Crippen molar-refractivity contribution in [2.75, 3.05) is 14.1 Å². The maximum atomic E-state index is 11.7. The molecule has 0 unspecified atom stereocenters. The maximum absolute atomic E-state index is 11.7. The van der Waals surface area contributed by atoms with Crippen molar-refractivity contribution < 1.29 is 4.79 Å². The van der Waals surface area contributed by atoms with Crippen LogP contribution in [-0.2, 0) is 11.2 Å². The molecule has 0 heterocycles. The zero-order valence-electron chi connectivity index (χ0n) is 10.2. The topological polar surface area (TPSA) is 56.2 Å². The van der Waals surface area contributed by atoms with Crippen molar-refractivity contribution >= 4 is 23.5 Å². The van der Waals surface area contributed by atoms with Crippen LogP contribution in [0.25, 0.3) is 0 Å². The highest BCUT2D eigenvalue weighted by molar-refractivity contribution is 6.31. The monoisotopic (exact) mass is 253 g/mol. The lowest BCUT2D eigenvalue weighted by atomic mass is 10.1. The molecular weight excluding hydrogens is 238 g/mol. The molecule has 2 N–H and O–H groups in total. The fourth-order valence-corrected chi connectivity index (χ4v) is 1.63. The molecule has 17 heavy (non-hydrogen) atoms. The lowest BCUT2D eigenvalue weighted by Gasteiger charge is -2.15. The molecule has 0 saturated carbocycles. The number of benzene rings is 1. The van der Waals surface area contributed by atoms with Crippen molar-refractivity contribution in [2.24, 2.45) is 0 Å². The van der Waals surface area contributed by atoms with Crippen molar-refractivity contribution in [3.8, 4) is 0 Å². The Hall–Kier alpha value is -1.55. The van der Waals surface area contributed by atoms with E-state index in [1.165, 1.54) is 4.90 Å². The van der Waals surface area contributed by atoms with Crippen LogP contribution in [0.2, 0.25) is 5.02 Å². The SMILES string of the molecule is Cc1cccc(Cl)c1CC(=O)NC(=N)N(C)C. The molecule has 1 aromatic rings. The molecule has 0 saturated heterocycles. The van der Waals surface area contributed by atoms with Crippen LogP contribution < -0.4 is 5.32 Å². The first-order valence-electron chi connectivity index (χ1n) is 5.21. The number of nitrogens with one attached hydrogen (secondary N) is 2. The molecule has 0 aliphatic rings. The van der Waals surface area contributed by atoms with E-state index in [1.807, 2.05) is 19.1 Å². The van der Waals surface area contributed by atoms with E-state index in [2.05, 4.69) is 5.32 Å². The van der Waals surface area contributed by atoms with Crippen LogP contribution in [0.3, 0.4) is 0 Å². The number of guanidine groups is 1. The standard InChI is InChI=1S/C12H16ClN3O/c1-8-5-4-6-10(13)9(8)7-11(17)15-12(14)16(2)3/h4-6H,7H2,1-3H3,(H2,14,15,17). The number of amides is 1. The average Bonchev–Trinajstić information content (AvgIpc) is 2.23. The Morgan fingerprint density at radius 3 is 2.65 bits per heavy atom. The first-order chi connectivity index (χ1) is 7.91. The Balaban J connectivity index is 2.72. The molecule has 92 valence electrons. The minimum Gasteiger partial charge on any atom is -0.349 e. The van der Waals surface area contributed by atoms with E-state index in [0.29, 0.717) is 5.02 Å². The van der Waals surface area contributed by atoms with Gasteiger partial charge >= 0.3 is 0 Å². The van der Waals surface area contributed by atoms with Gasteiger partial charge in [0, 0.05) is 19.1 Å². The summed E-state index contributed by atoms with van der Waals surface area (Å²) < 4.78 is 0. The Morgan fingerprint density at radius 1 is 1.47 bits per heavy atom. The zero-order chi connectivity index (χ0) is 13.0. The number of rotatable bonds is 2. The fraction of sp³-hybridized carbons (Fsp3) is 0.333. The molecule has 0 aromatic heterocycles. The van der Waals surface area contributed by atoms with Gasteiger partial charge in [0.2, 0.25) is 5.91 Å². The van der Waals surface area contributed by atoms with Crippen LogP contribution >= 0.6 is 11.6 Å². The van der Waals surface area contributed by atoms with E-state index in [9.17, 15) is 4.79 Å². The predicted octanol–water partition coefficient (Wildman–Crippen LogP) is 1.80. The van der Waals surface area contributed by atoms with Crippen molar-refractivity contribution in [3.05, 3.63) is 34.3 Å². The molecular formula is C12H16ClN3O. The van der Waals surface area contributed by atoms with Gasteiger partial charge in [0.1, 0.15) is 0 Å². The van der Waals surface area contributed by atoms with E-state index in [-0.39, 0.29) is 18.3 Å². The Kier molecular flexibility index (Phi) is 4.52. The van der Waals surface area contributed by atoms with Gasteiger partial charge in [-0.05, 0) is 24.1 Å². The van der Waals surface area contributed by atoms with Gasteiger partial charge in [0.25, 0.3) is 0 Å². The highest BCUT2D eigenvalue weighted by atomic mass is 35.5. The summed E-state index contributed by atoms with van der Waals surface area (Å²) in [7, 11) is 3.40. The molecule has 0 bridgehead atoms. The molecule has 0 fully saturated rings. The maximum Gasteiger partial charge on any atom is 0.231 e. The van der Waals surface area contributed by atoms with Gasteiger partial charge < -0.3 is 4.90 Å². The first kappa shape index (κ1) is 13.5. The summed E-state index contributed by atoms with van der Waals surface area (Å²) in [6.07, 6.45) is 0.182. The van der Waals surface area contributed by atoms with Crippen molar-refractivity contribution in [1.29, 1.82) is 5.41 Å². The zero-order valence-corrected chi connectivity index (χ0v) is 10.9. The molecule has 1 rings (SSSR count). The lowest BCUT2D eigenvalue weighted by Crippen LogP contribution is -2.40. The highest BCUT2D eigenvalue weighted by Gasteiger charge is 2.11. The third-order valence-corrected chi connectivity index (χ3v) is 2.75.